The molecular weight excluding hydrogens is 531 g/mol. The van der Waals surface area contributed by atoms with E-state index in [0.717, 1.165) is 30.5 Å². The maximum Gasteiger partial charge on any atom is 0.193 e. The van der Waals surface area contributed by atoms with Crippen LogP contribution in [0.3, 0.4) is 0 Å². The summed E-state index contributed by atoms with van der Waals surface area (Å²) in [4.78, 5) is 10.5. The number of benzene rings is 2. The lowest BCUT2D eigenvalue weighted by molar-refractivity contribution is 0.0373. The first-order valence-electron chi connectivity index (χ1n) is 11.4. The highest BCUT2D eigenvalue weighted by molar-refractivity contribution is 14.0. The highest BCUT2D eigenvalue weighted by Crippen LogP contribution is 2.31. The summed E-state index contributed by atoms with van der Waals surface area (Å²) in [5.74, 6) is 2.22. The molecule has 0 spiro atoms. The third-order valence-corrected chi connectivity index (χ3v) is 7.87. The molecule has 1 N–H and O–H groups in total. The fourth-order valence-corrected chi connectivity index (χ4v) is 5.98. The van der Waals surface area contributed by atoms with Crippen molar-refractivity contribution >= 4 is 40.7 Å². The molecule has 2 aromatic carbocycles. The van der Waals surface area contributed by atoms with Crippen molar-refractivity contribution in [2.45, 2.75) is 36.7 Å². The van der Waals surface area contributed by atoms with Gasteiger partial charge in [0.25, 0.3) is 0 Å². The van der Waals surface area contributed by atoms with Gasteiger partial charge in [0.05, 0.1) is 10.8 Å². The number of rotatable bonds is 6. The second-order valence-corrected chi connectivity index (χ2v) is 10.1. The van der Waals surface area contributed by atoms with Crippen LogP contribution in [0.5, 0.6) is 0 Å². The summed E-state index contributed by atoms with van der Waals surface area (Å²) in [5, 5.41) is 3.46. The third kappa shape index (κ3) is 6.54. The quantitative estimate of drug-likeness (QED) is 0.327. The molecule has 2 heterocycles. The second kappa shape index (κ2) is 12.7. The molecule has 2 aromatic rings. The minimum absolute atomic E-state index is 0. The number of aliphatic imine (C=N–C) groups is 1. The van der Waals surface area contributed by atoms with Gasteiger partial charge in [0, 0.05) is 49.9 Å². The summed E-state index contributed by atoms with van der Waals surface area (Å²) >= 11 is 0. The van der Waals surface area contributed by atoms with E-state index in [-0.39, 0.29) is 24.0 Å². The normalized spacial score (nSPS) is 22.5. The van der Waals surface area contributed by atoms with Gasteiger partial charge in [-0.2, -0.15) is 0 Å². The molecule has 4 rings (SSSR count). The Morgan fingerprint density at radius 3 is 2.50 bits per heavy atom. The minimum atomic E-state index is -0.980. The fourth-order valence-electron chi connectivity index (χ4n) is 4.99. The van der Waals surface area contributed by atoms with E-state index >= 15 is 0 Å². The molecule has 0 amide bonds. The molecule has 0 aromatic heterocycles. The van der Waals surface area contributed by atoms with E-state index in [1.54, 1.807) is 0 Å². The van der Waals surface area contributed by atoms with E-state index in [9.17, 15) is 4.21 Å². The Morgan fingerprint density at radius 2 is 1.78 bits per heavy atom. The number of nitrogens with zero attached hydrogens (tertiary/aromatic N) is 3. The second-order valence-electron chi connectivity index (χ2n) is 8.50. The number of halogens is 1. The lowest BCUT2D eigenvalue weighted by atomic mass is 9.83. The van der Waals surface area contributed by atoms with Gasteiger partial charge in [-0.3, -0.25) is 14.1 Å². The Morgan fingerprint density at radius 1 is 1.06 bits per heavy atom. The number of piperidine rings is 2. The Bertz CT molecular complexity index is 880. The van der Waals surface area contributed by atoms with Crippen molar-refractivity contribution < 1.29 is 4.21 Å². The van der Waals surface area contributed by atoms with Crippen LogP contribution in [0.15, 0.2) is 70.6 Å². The average Bonchev–Trinajstić information content (AvgIpc) is 2.83. The standard InChI is InChI=1S/C25H34N4OS.HI/c1-26-25(27-15-18-31(30)23-12-6-3-7-13-23)29-17-14-24-22(20-29)11-8-16-28(24)19-21-9-4-2-5-10-21;/h2-7,9-10,12-13,22,24H,8,11,14-20H2,1H3,(H,26,27);1H. The maximum absolute atomic E-state index is 12.5. The molecule has 174 valence electrons. The van der Waals surface area contributed by atoms with Crippen LogP contribution in [0, 0.1) is 5.92 Å². The van der Waals surface area contributed by atoms with Crippen molar-refractivity contribution in [3.8, 4) is 0 Å². The van der Waals surface area contributed by atoms with Crippen LogP contribution in [-0.4, -0.2) is 65.0 Å². The number of nitrogens with one attached hydrogen (secondary N) is 1. The Labute approximate surface area is 212 Å². The van der Waals surface area contributed by atoms with Crippen LogP contribution in [0.4, 0.5) is 0 Å². The zero-order chi connectivity index (χ0) is 21.5. The summed E-state index contributed by atoms with van der Waals surface area (Å²) in [7, 11) is 0.872. The number of hydrogen-bond donors (Lipinski definition) is 1. The van der Waals surface area contributed by atoms with Gasteiger partial charge in [0.1, 0.15) is 0 Å². The van der Waals surface area contributed by atoms with Gasteiger partial charge in [0.15, 0.2) is 5.96 Å². The first kappa shape index (κ1) is 25.2. The SMILES string of the molecule is CN=C(NCCS(=O)c1ccccc1)N1CCC2C(CCCN2Cc2ccccc2)C1.I. The number of likely N-dealkylation sites (tertiary alicyclic amines) is 2. The molecule has 0 aliphatic carbocycles. The average molecular weight is 567 g/mol. The predicted molar refractivity (Wildman–Crippen MR) is 144 cm³/mol. The van der Waals surface area contributed by atoms with Gasteiger partial charge in [-0.1, -0.05) is 48.5 Å². The molecule has 2 fully saturated rings. The molecular formula is C25H35IN4OS. The van der Waals surface area contributed by atoms with Gasteiger partial charge >= 0.3 is 0 Å². The predicted octanol–water partition coefficient (Wildman–Crippen LogP) is 3.97. The summed E-state index contributed by atoms with van der Waals surface area (Å²) in [5.41, 5.74) is 1.41. The number of guanidine groups is 1. The fraction of sp³-hybridized carbons (Fsp3) is 0.480. The van der Waals surface area contributed by atoms with Crippen molar-refractivity contribution in [3.63, 3.8) is 0 Å². The Kier molecular flexibility index (Phi) is 9.99. The zero-order valence-corrected chi connectivity index (χ0v) is 22.0. The highest BCUT2D eigenvalue weighted by atomic mass is 127. The van der Waals surface area contributed by atoms with Crippen molar-refractivity contribution in [2.75, 3.05) is 39.0 Å². The monoisotopic (exact) mass is 566 g/mol. The summed E-state index contributed by atoms with van der Waals surface area (Å²) < 4.78 is 12.5. The molecule has 32 heavy (non-hydrogen) atoms. The molecule has 0 saturated carbocycles. The van der Waals surface area contributed by atoms with E-state index < -0.39 is 10.8 Å². The molecule has 0 radical (unpaired) electrons. The van der Waals surface area contributed by atoms with Gasteiger partial charge in [-0.05, 0) is 49.4 Å². The van der Waals surface area contributed by atoms with Crippen LogP contribution in [-0.2, 0) is 17.3 Å². The summed E-state index contributed by atoms with van der Waals surface area (Å²) in [6, 6.07) is 21.2. The molecule has 2 aliphatic heterocycles. The van der Waals surface area contributed by atoms with Crippen LogP contribution in [0.25, 0.3) is 0 Å². The Hall–Kier alpha value is -1.45. The summed E-state index contributed by atoms with van der Waals surface area (Å²) in [6.07, 6.45) is 3.74. The maximum atomic E-state index is 12.5. The largest absolute Gasteiger partial charge is 0.355 e. The molecule has 0 bridgehead atoms. The van der Waals surface area contributed by atoms with Crippen LogP contribution < -0.4 is 5.32 Å². The third-order valence-electron chi connectivity index (χ3n) is 6.50. The van der Waals surface area contributed by atoms with Crippen LogP contribution in [0.1, 0.15) is 24.8 Å². The smallest absolute Gasteiger partial charge is 0.193 e. The first-order chi connectivity index (χ1) is 15.2. The zero-order valence-electron chi connectivity index (χ0n) is 18.9. The van der Waals surface area contributed by atoms with E-state index in [1.807, 2.05) is 37.4 Å². The van der Waals surface area contributed by atoms with Crippen LogP contribution >= 0.6 is 24.0 Å². The number of fused-ring (bicyclic) bond motifs is 1. The van der Waals surface area contributed by atoms with Gasteiger partial charge in [0.2, 0.25) is 0 Å². The van der Waals surface area contributed by atoms with Gasteiger partial charge < -0.3 is 10.2 Å². The van der Waals surface area contributed by atoms with Gasteiger partial charge in [-0.25, -0.2) is 0 Å². The van der Waals surface area contributed by atoms with Crippen molar-refractivity contribution in [1.82, 2.24) is 15.1 Å². The Balaban J connectivity index is 0.00000289. The molecule has 3 atom stereocenters. The van der Waals surface area contributed by atoms with Crippen LogP contribution in [0.2, 0.25) is 0 Å². The molecule has 7 heteroatoms. The van der Waals surface area contributed by atoms with E-state index in [0.29, 0.717) is 24.3 Å². The molecule has 2 aliphatic rings. The van der Waals surface area contributed by atoms with Gasteiger partial charge in [-0.15, -0.1) is 24.0 Å². The summed E-state index contributed by atoms with van der Waals surface area (Å²) in [6.45, 7) is 5.00. The molecule has 3 unspecified atom stereocenters. The lowest BCUT2D eigenvalue weighted by Crippen LogP contribution is -2.56. The van der Waals surface area contributed by atoms with Crippen molar-refractivity contribution in [2.24, 2.45) is 10.9 Å². The topological polar surface area (TPSA) is 47.9 Å². The van der Waals surface area contributed by atoms with Crippen molar-refractivity contribution in [1.29, 1.82) is 0 Å². The van der Waals surface area contributed by atoms with Crippen molar-refractivity contribution in [3.05, 3.63) is 66.2 Å². The minimum Gasteiger partial charge on any atom is -0.355 e. The highest BCUT2D eigenvalue weighted by Gasteiger charge is 2.36. The van der Waals surface area contributed by atoms with E-state index in [1.165, 1.54) is 31.4 Å². The first-order valence-corrected chi connectivity index (χ1v) is 12.7. The lowest BCUT2D eigenvalue weighted by Gasteiger charge is -2.48. The molecule has 2 saturated heterocycles. The number of hydrogen-bond acceptors (Lipinski definition) is 3. The molecule has 5 nitrogen and oxygen atoms in total. The van der Waals surface area contributed by atoms with E-state index in [4.69, 9.17) is 0 Å². The van der Waals surface area contributed by atoms with E-state index in [2.05, 4.69) is 50.4 Å².